The SMILES string of the molecule is COC(=O)c1ccc(N2CC3(COC3)C2)cc1. The number of methoxy groups -OCH3 is 1. The van der Waals surface area contributed by atoms with Crippen molar-refractivity contribution in [3.05, 3.63) is 29.8 Å². The molecule has 0 atom stereocenters. The number of rotatable bonds is 2. The fourth-order valence-electron chi connectivity index (χ4n) is 2.45. The van der Waals surface area contributed by atoms with E-state index in [1.54, 1.807) is 0 Å². The van der Waals surface area contributed by atoms with Gasteiger partial charge in [-0.25, -0.2) is 4.79 Å². The summed E-state index contributed by atoms with van der Waals surface area (Å²) in [7, 11) is 1.39. The summed E-state index contributed by atoms with van der Waals surface area (Å²) in [5.41, 5.74) is 2.18. The molecule has 0 saturated carbocycles. The molecule has 2 saturated heterocycles. The van der Waals surface area contributed by atoms with Crippen LogP contribution < -0.4 is 4.90 Å². The Morgan fingerprint density at radius 1 is 1.29 bits per heavy atom. The Bertz CT molecular complexity index is 428. The molecular weight excluding hydrogens is 218 g/mol. The maximum atomic E-state index is 11.3. The fourth-order valence-corrected chi connectivity index (χ4v) is 2.45. The summed E-state index contributed by atoms with van der Waals surface area (Å²) in [6.45, 7) is 3.91. The molecule has 2 aliphatic heterocycles. The number of esters is 1. The smallest absolute Gasteiger partial charge is 0.337 e. The second kappa shape index (κ2) is 3.74. The number of hydrogen-bond donors (Lipinski definition) is 0. The van der Waals surface area contributed by atoms with Crippen LogP contribution in [0.15, 0.2) is 24.3 Å². The Kier molecular flexibility index (Phi) is 2.33. The van der Waals surface area contributed by atoms with Crippen molar-refractivity contribution in [2.45, 2.75) is 0 Å². The summed E-state index contributed by atoms with van der Waals surface area (Å²) in [4.78, 5) is 13.6. The van der Waals surface area contributed by atoms with Gasteiger partial charge >= 0.3 is 5.97 Å². The third-order valence-electron chi connectivity index (χ3n) is 3.52. The first kappa shape index (κ1) is 10.6. The van der Waals surface area contributed by atoms with E-state index in [0.29, 0.717) is 11.0 Å². The number of ether oxygens (including phenoxy) is 2. The van der Waals surface area contributed by atoms with Crippen LogP contribution in [0.1, 0.15) is 10.4 Å². The minimum atomic E-state index is -0.288. The standard InChI is InChI=1S/C13H15NO3/c1-16-12(15)10-2-4-11(5-3-10)14-6-13(7-14)8-17-9-13/h2-5H,6-9H2,1H3. The van der Waals surface area contributed by atoms with Crippen molar-refractivity contribution in [1.29, 1.82) is 0 Å². The Labute approximate surface area is 100 Å². The first-order chi connectivity index (χ1) is 8.22. The average molecular weight is 233 g/mol. The van der Waals surface area contributed by atoms with Crippen LogP contribution in [0.5, 0.6) is 0 Å². The highest BCUT2D eigenvalue weighted by atomic mass is 16.5. The van der Waals surface area contributed by atoms with Crippen molar-refractivity contribution in [1.82, 2.24) is 0 Å². The van der Waals surface area contributed by atoms with Crippen LogP contribution in [0.25, 0.3) is 0 Å². The van der Waals surface area contributed by atoms with Gasteiger partial charge in [0.2, 0.25) is 0 Å². The monoisotopic (exact) mass is 233 g/mol. The molecular formula is C13H15NO3. The maximum absolute atomic E-state index is 11.3. The topological polar surface area (TPSA) is 38.8 Å². The quantitative estimate of drug-likeness (QED) is 0.722. The summed E-state index contributed by atoms with van der Waals surface area (Å²) in [6.07, 6.45) is 0. The van der Waals surface area contributed by atoms with Gasteiger partial charge in [-0.1, -0.05) is 0 Å². The molecule has 1 aromatic rings. The molecule has 0 unspecified atom stereocenters. The van der Waals surface area contributed by atoms with Gasteiger partial charge in [-0.2, -0.15) is 0 Å². The van der Waals surface area contributed by atoms with E-state index in [1.807, 2.05) is 24.3 Å². The van der Waals surface area contributed by atoms with Crippen molar-refractivity contribution in [2.75, 3.05) is 38.3 Å². The Balaban J connectivity index is 1.67. The summed E-state index contributed by atoms with van der Waals surface area (Å²) in [5, 5.41) is 0. The van der Waals surface area contributed by atoms with Gasteiger partial charge in [0.25, 0.3) is 0 Å². The van der Waals surface area contributed by atoms with Gasteiger partial charge in [-0.05, 0) is 24.3 Å². The number of anilines is 1. The molecule has 4 nitrogen and oxygen atoms in total. The van der Waals surface area contributed by atoms with Crippen LogP contribution >= 0.6 is 0 Å². The van der Waals surface area contributed by atoms with Gasteiger partial charge in [0.1, 0.15) is 0 Å². The fraction of sp³-hybridized carbons (Fsp3) is 0.462. The second-order valence-corrected chi connectivity index (χ2v) is 4.89. The van der Waals surface area contributed by atoms with Crippen molar-refractivity contribution < 1.29 is 14.3 Å². The van der Waals surface area contributed by atoms with Crippen LogP contribution in [-0.2, 0) is 9.47 Å². The molecule has 1 spiro atoms. The lowest BCUT2D eigenvalue weighted by Gasteiger charge is -2.56. The summed E-state index contributed by atoms with van der Waals surface area (Å²) >= 11 is 0. The van der Waals surface area contributed by atoms with E-state index in [0.717, 1.165) is 32.0 Å². The van der Waals surface area contributed by atoms with Gasteiger partial charge in [-0.15, -0.1) is 0 Å². The van der Waals surface area contributed by atoms with E-state index in [2.05, 4.69) is 9.64 Å². The van der Waals surface area contributed by atoms with Crippen molar-refractivity contribution >= 4 is 11.7 Å². The predicted molar refractivity (Wildman–Crippen MR) is 63.2 cm³/mol. The maximum Gasteiger partial charge on any atom is 0.337 e. The first-order valence-corrected chi connectivity index (χ1v) is 5.74. The molecule has 4 heteroatoms. The highest BCUT2D eigenvalue weighted by molar-refractivity contribution is 5.89. The molecule has 90 valence electrons. The highest BCUT2D eigenvalue weighted by Crippen LogP contribution is 2.40. The zero-order chi connectivity index (χ0) is 11.9. The molecule has 0 N–H and O–H groups in total. The van der Waals surface area contributed by atoms with E-state index in [4.69, 9.17) is 4.74 Å². The largest absolute Gasteiger partial charge is 0.465 e. The number of hydrogen-bond acceptors (Lipinski definition) is 4. The molecule has 2 heterocycles. The van der Waals surface area contributed by atoms with Gasteiger partial charge in [0.15, 0.2) is 0 Å². The predicted octanol–water partition coefficient (Wildman–Crippen LogP) is 1.31. The minimum Gasteiger partial charge on any atom is -0.465 e. The lowest BCUT2D eigenvalue weighted by molar-refractivity contribution is -0.127. The van der Waals surface area contributed by atoms with Crippen molar-refractivity contribution in [3.8, 4) is 0 Å². The number of carbonyl (C=O) groups is 1. The average Bonchev–Trinajstić information content (AvgIpc) is 2.25. The van der Waals surface area contributed by atoms with E-state index in [9.17, 15) is 4.79 Å². The number of benzene rings is 1. The molecule has 0 aliphatic carbocycles. The second-order valence-electron chi connectivity index (χ2n) is 4.89. The van der Waals surface area contributed by atoms with E-state index >= 15 is 0 Å². The Morgan fingerprint density at radius 2 is 1.94 bits per heavy atom. The van der Waals surface area contributed by atoms with Gasteiger partial charge < -0.3 is 14.4 Å². The van der Waals surface area contributed by atoms with Gasteiger partial charge in [0.05, 0.1) is 31.3 Å². The van der Waals surface area contributed by atoms with Gasteiger partial charge in [0, 0.05) is 18.8 Å². The van der Waals surface area contributed by atoms with Crippen LogP contribution in [0.2, 0.25) is 0 Å². The summed E-state index contributed by atoms with van der Waals surface area (Å²) in [5.74, 6) is -0.288. The third-order valence-corrected chi connectivity index (χ3v) is 3.52. The van der Waals surface area contributed by atoms with Crippen molar-refractivity contribution in [3.63, 3.8) is 0 Å². The third kappa shape index (κ3) is 1.69. The van der Waals surface area contributed by atoms with Crippen LogP contribution in [-0.4, -0.2) is 39.4 Å². The zero-order valence-electron chi connectivity index (χ0n) is 9.81. The van der Waals surface area contributed by atoms with Crippen LogP contribution in [0.4, 0.5) is 5.69 Å². The Morgan fingerprint density at radius 3 is 2.41 bits per heavy atom. The molecule has 0 amide bonds. The molecule has 0 radical (unpaired) electrons. The summed E-state index contributed by atoms with van der Waals surface area (Å²) in [6, 6.07) is 7.56. The minimum absolute atomic E-state index is 0.288. The molecule has 3 rings (SSSR count). The zero-order valence-corrected chi connectivity index (χ0v) is 9.81. The van der Waals surface area contributed by atoms with Crippen LogP contribution in [0.3, 0.4) is 0 Å². The lowest BCUT2D eigenvalue weighted by Crippen LogP contribution is -2.66. The van der Waals surface area contributed by atoms with Gasteiger partial charge in [-0.3, -0.25) is 0 Å². The molecule has 1 aromatic carbocycles. The molecule has 0 aromatic heterocycles. The van der Waals surface area contributed by atoms with E-state index < -0.39 is 0 Å². The normalized spacial score (nSPS) is 20.6. The van der Waals surface area contributed by atoms with E-state index in [-0.39, 0.29) is 5.97 Å². The van der Waals surface area contributed by atoms with Crippen LogP contribution in [0, 0.1) is 5.41 Å². The molecule has 2 fully saturated rings. The molecule has 2 aliphatic rings. The number of carbonyl (C=O) groups excluding carboxylic acids is 1. The Hall–Kier alpha value is -1.55. The van der Waals surface area contributed by atoms with E-state index in [1.165, 1.54) is 7.11 Å². The molecule has 0 bridgehead atoms. The van der Waals surface area contributed by atoms with Crippen molar-refractivity contribution in [2.24, 2.45) is 5.41 Å². The number of nitrogens with zero attached hydrogens (tertiary/aromatic N) is 1. The highest BCUT2D eigenvalue weighted by Gasteiger charge is 2.48. The summed E-state index contributed by atoms with van der Waals surface area (Å²) < 4.78 is 9.91. The molecule has 17 heavy (non-hydrogen) atoms. The first-order valence-electron chi connectivity index (χ1n) is 5.74. The lowest BCUT2D eigenvalue weighted by atomic mass is 9.78.